The molecule has 0 spiro atoms. The molecule has 1 aliphatic rings. The van der Waals surface area contributed by atoms with E-state index in [-0.39, 0.29) is 38.1 Å². The van der Waals surface area contributed by atoms with Gasteiger partial charge in [-0.15, -0.1) is 0 Å². The van der Waals surface area contributed by atoms with Crippen LogP contribution in [-0.4, -0.2) is 138 Å². The summed E-state index contributed by atoms with van der Waals surface area (Å²) < 4.78 is 10.9. The largest absolute Gasteiger partial charge is 0.480 e. The van der Waals surface area contributed by atoms with Gasteiger partial charge in [-0.1, -0.05) is 0 Å². The van der Waals surface area contributed by atoms with Gasteiger partial charge in [0.2, 0.25) is 5.91 Å². The number of carbonyl (C=O) groups is 4. The van der Waals surface area contributed by atoms with Gasteiger partial charge in [-0.25, -0.2) is 0 Å². The number of carbonyl (C=O) groups excluding carboxylic acids is 3. The maximum absolute atomic E-state index is 12.5. The summed E-state index contributed by atoms with van der Waals surface area (Å²) in [5.41, 5.74) is 4.22. The normalized spacial score (nSPS) is 18.6. The van der Waals surface area contributed by atoms with Gasteiger partial charge in [-0.05, 0) is 41.5 Å². The minimum Gasteiger partial charge on any atom is -0.480 e. The fourth-order valence-electron chi connectivity index (χ4n) is 3.74. The predicted octanol–water partition coefficient (Wildman–Crippen LogP) is -0.539. The molecule has 0 aromatic carbocycles. The van der Waals surface area contributed by atoms with Gasteiger partial charge in [-0.2, -0.15) is 0 Å². The Morgan fingerprint density at radius 3 is 1.14 bits per heavy atom. The summed E-state index contributed by atoms with van der Waals surface area (Å²) in [6.07, 6.45) is 0. The van der Waals surface area contributed by atoms with E-state index in [0.717, 1.165) is 0 Å². The molecule has 0 aromatic heterocycles. The molecule has 0 aliphatic carbocycles. The van der Waals surface area contributed by atoms with Gasteiger partial charge in [0.05, 0.1) is 26.2 Å². The van der Waals surface area contributed by atoms with Crippen LogP contribution in [0.1, 0.15) is 41.5 Å². The minimum absolute atomic E-state index is 0.0473. The summed E-state index contributed by atoms with van der Waals surface area (Å²) in [7, 11) is 0. The second kappa shape index (κ2) is 14.5. The summed E-state index contributed by atoms with van der Waals surface area (Å²) >= 11 is 0. The van der Waals surface area contributed by atoms with Crippen LogP contribution in [-0.2, 0) is 28.7 Å². The van der Waals surface area contributed by atoms with Crippen LogP contribution in [0.5, 0.6) is 0 Å². The van der Waals surface area contributed by atoms with Gasteiger partial charge < -0.3 is 20.3 Å². The van der Waals surface area contributed by atoms with Crippen molar-refractivity contribution in [2.24, 2.45) is 5.73 Å². The lowest BCUT2D eigenvalue weighted by Crippen LogP contribution is -2.50. The Morgan fingerprint density at radius 1 is 0.611 bits per heavy atom. The summed E-state index contributed by atoms with van der Waals surface area (Å²) in [6, 6.07) is 0. The lowest BCUT2D eigenvalue weighted by Gasteiger charge is -2.33. The molecule has 1 rings (SSSR count). The van der Waals surface area contributed by atoms with Gasteiger partial charge in [0.25, 0.3) is 0 Å². The van der Waals surface area contributed by atoms with Crippen molar-refractivity contribution in [1.82, 2.24) is 19.6 Å². The van der Waals surface area contributed by atoms with Crippen molar-refractivity contribution in [2.75, 3.05) is 78.5 Å². The summed E-state index contributed by atoms with van der Waals surface area (Å²) in [5, 5.41) is 9.38. The highest BCUT2D eigenvalue weighted by Gasteiger charge is 2.24. The van der Waals surface area contributed by atoms with E-state index >= 15 is 0 Å². The zero-order valence-corrected chi connectivity index (χ0v) is 22.7. The van der Waals surface area contributed by atoms with Crippen molar-refractivity contribution in [3.63, 3.8) is 0 Å². The van der Waals surface area contributed by atoms with E-state index in [1.807, 2.05) is 14.7 Å². The highest BCUT2D eigenvalue weighted by atomic mass is 16.6. The van der Waals surface area contributed by atoms with E-state index in [4.69, 9.17) is 15.2 Å². The van der Waals surface area contributed by atoms with Crippen molar-refractivity contribution in [1.29, 1.82) is 0 Å². The van der Waals surface area contributed by atoms with Gasteiger partial charge in [0.1, 0.15) is 11.2 Å². The van der Waals surface area contributed by atoms with E-state index in [1.165, 1.54) is 0 Å². The Bertz CT molecular complexity index is 670. The van der Waals surface area contributed by atoms with Crippen LogP contribution in [0.2, 0.25) is 0 Å². The fraction of sp³-hybridized carbons (Fsp3) is 0.833. The number of ether oxygens (including phenoxy) is 2. The standard InChI is InChI=1S/C24H45N5O7/c1-23(2,3)35-21(33)17-28-11-7-26(15-19(25)30)8-12-29(18-22(34)36-24(4,5)6)14-10-27(9-13-28)16-20(31)32/h7-18H2,1-6H3,(H2,25,30)(H,31,32). The van der Waals surface area contributed by atoms with Gasteiger partial charge >= 0.3 is 17.9 Å². The number of nitrogens with two attached hydrogens (primary N) is 1. The lowest BCUT2D eigenvalue weighted by atomic mass is 10.2. The molecule has 0 atom stereocenters. The molecule has 1 heterocycles. The SMILES string of the molecule is CC(C)(C)OC(=O)CN1CCN(CC(N)=O)CCN(CC(=O)OC(C)(C)C)CCN(CC(=O)O)CC1. The van der Waals surface area contributed by atoms with Crippen molar-refractivity contribution in [3.05, 3.63) is 0 Å². The Kier molecular flexibility index (Phi) is 12.8. The molecular weight excluding hydrogens is 470 g/mol. The first-order valence-corrected chi connectivity index (χ1v) is 12.4. The molecule has 12 heteroatoms. The zero-order valence-electron chi connectivity index (χ0n) is 22.7. The van der Waals surface area contributed by atoms with Crippen molar-refractivity contribution in [2.45, 2.75) is 52.7 Å². The second-order valence-electron chi connectivity index (χ2n) is 11.1. The van der Waals surface area contributed by atoms with E-state index in [0.29, 0.717) is 52.4 Å². The van der Waals surface area contributed by atoms with Crippen LogP contribution in [0.25, 0.3) is 0 Å². The molecule has 12 nitrogen and oxygen atoms in total. The van der Waals surface area contributed by atoms with Crippen LogP contribution in [0.3, 0.4) is 0 Å². The van der Waals surface area contributed by atoms with Crippen molar-refractivity contribution >= 4 is 23.8 Å². The van der Waals surface area contributed by atoms with Crippen LogP contribution in [0.4, 0.5) is 0 Å². The number of carboxylic acids is 1. The Hall–Kier alpha value is -2.28. The first-order valence-electron chi connectivity index (χ1n) is 12.4. The molecule has 0 bridgehead atoms. The molecule has 0 unspecified atom stereocenters. The molecule has 1 amide bonds. The number of hydrogen-bond acceptors (Lipinski definition) is 10. The number of rotatable bonds is 8. The Labute approximate surface area is 214 Å². The number of nitrogens with zero attached hydrogens (tertiary/aromatic N) is 4. The van der Waals surface area contributed by atoms with E-state index < -0.39 is 23.1 Å². The molecule has 0 saturated carbocycles. The Morgan fingerprint density at radius 2 is 0.889 bits per heavy atom. The predicted molar refractivity (Wildman–Crippen MR) is 134 cm³/mol. The molecule has 1 fully saturated rings. The average Bonchev–Trinajstić information content (AvgIpc) is 2.66. The summed E-state index contributed by atoms with van der Waals surface area (Å²) in [4.78, 5) is 55.5. The number of primary amides is 1. The smallest absolute Gasteiger partial charge is 0.320 e. The Balaban J connectivity index is 3.01. The summed E-state index contributed by atoms with van der Waals surface area (Å²) in [5.74, 6) is -2.16. The van der Waals surface area contributed by atoms with Crippen molar-refractivity contribution in [3.8, 4) is 0 Å². The van der Waals surface area contributed by atoms with E-state index in [2.05, 4.69) is 0 Å². The van der Waals surface area contributed by atoms with Crippen LogP contribution in [0, 0.1) is 0 Å². The number of aliphatic carboxylic acids is 1. The quantitative estimate of drug-likeness (QED) is 0.402. The monoisotopic (exact) mass is 515 g/mol. The maximum atomic E-state index is 12.5. The van der Waals surface area contributed by atoms with Crippen molar-refractivity contribution < 1.29 is 33.8 Å². The highest BCUT2D eigenvalue weighted by molar-refractivity contribution is 5.76. The zero-order chi connectivity index (χ0) is 27.5. The highest BCUT2D eigenvalue weighted by Crippen LogP contribution is 2.10. The topological polar surface area (TPSA) is 146 Å². The minimum atomic E-state index is -0.952. The van der Waals surface area contributed by atoms with Crippen LogP contribution in [0.15, 0.2) is 0 Å². The maximum Gasteiger partial charge on any atom is 0.320 e. The first-order chi connectivity index (χ1) is 16.5. The molecule has 208 valence electrons. The van der Waals surface area contributed by atoms with Crippen LogP contribution >= 0.6 is 0 Å². The number of amides is 1. The van der Waals surface area contributed by atoms with E-state index in [1.54, 1.807) is 46.4 Å². The van der Waals surface area contributed by atoms with Gasteiger partial charge in [-0.3, -0.25) is 38.8 Å². The second-order valence-corrected chi connectivity index (χ2v) is 11.1. The molecule has 1 saturated heterocycles. The van der Waals surface area contributed by atoms with Gasteiger partial charge in [0, 0.05) is 52.4 Å². The molecular formula is C24H45N5O7. The molecule has 1 aliphatic heterocycles. The lowest BCUT2D eigenvalue weighted by molar-refractivity contribution is -0.157. The third kappa shape index (κ3) is 15.7. The molecule has 36 heavy (non-hydrogen) atoms. The fourth-order valence-corrected chi connectivity index (χ4v) is 3.74. The summed E-state index contributed by atoms with van der Waals surface area (Å²) in [6.45, 7) is 14.3. The number of esters is 2. The molecule has 0 radical (unpaired) electrons. The average molecular weight is 516 g/mol. The third-order valence-corrected chi connectivity index (χ3v) is 5.21. The third-order valence-electron chi connectivity index (χ3n) is 5.21. The van der Waals surface area contributed by atoms with Crippen LogP contribution < -0.4 is 5.73 Å². The number of hydrogen-bond donors (Lipinski definition) is 2. The number of carboxylic acid groups (broad SMARTS) is 1. The first kappa shape index (κ1) is 31.7. The van der Waals surface area contributed by atoms with E-state index in [9.17, 15) is 24.3 Å². The van der Waals surface area contributed by atoms with Gasteiger partial charge in [0.15, 0.2) is 0 Å². The molecule has 0 aromatic rings. The molecule has 3 N–H and O–H groups in total.